The lowest BCUT2D eigenvalue weighted by molar-refractivity contribution is -0.169. The molecule has 2 amide bonds. The van der Waals surface area contributed by atoms with Crippen LogP contribution >= 0.6 is 0 Å². The number of aliphatic hydroxyl groups excluding tert-OH is 1. The number of ether oxygens (including phenoxy) is 2. The van der Waals surface area contributed by atoms with E-state index in [1.54, 1.807) is 11.8 Å². The van der Waals surface area contributed by atoms with Crippen LogP contribution in [-0.4, -0.2) is 69.6 Å². The topological polar surface area (TPSA) is 113 Å². The minimum absolute atomic E-state index is 0.0580. The van der Waals surface area contributed by atoms with Crippen LogP contribution in [0.1, 0.15) is 119 Å². The Balaban J connectivity index is 0.000000270. The van der Waals surface area contributed by atoms with Crippen LogP contribution in [0.2, 0.25) is 0 Å². The van der Waals surface area contributed by atoms with Crippen LogP contribution in [0, 0.1) is 22.7 Å². The van der Waals surface area contributed by atoms with Crippen LogP contribution in [0.25, 0.3) is 0 Å². The number of aliphatic hydroxyl groups is 1. The molecule has 0 spiro atoms. The summed E-state index contributed by atoms with van der Waals surface area (Å²) in [7, 11) is 0. The van der Waals surface area contributed by atoms with Crippen LogP contribution in [0.15, 0.2) is 60.7 Å². The molecule has 2 aliphatic rings. The number of amides is 2. The second-order valence-electron chi connectivity index (χ2n) is 16.4. The first-order valence-corrected chi connectivity index (χ1v) is 18.0. The quantitative estimate of drug-likeness (QED) is 0.260. The summed E-state index contributed by atoms with van der Waals surface area (Å²) in [6.07, 6.45) is 1.82. The van der Waals surface area contributed by atoms with Crippen molar-refractivity contribution < 1.29 is 33.8 Å². The average Bonchev–Trinajstić information content (AvgIpc) is 3.46. The minimum atomic E-state index is -0.962. The largest absolute Gasteiger partial charge is 0.459 e. The molecule has 0 radical (unpaired) electrons. The molecule has 1 N–H and O–H groups in total. The highest BCUT2D eigenvalue weighted by Crippen LogP contribution is 2.45. The maximum Gasteiger partial charge on any atom is 0.314 e. The van der Waals surface area contributed by atoms with E-state index in [1.165, 1.54) is 0 Å². The molecule has 0 aromatic heterocycles. The molecule has 0 saturated carbocycles. The Kier molecular flexibility index (Phi) is 13.1. The second kappa shape index (κ2) is 16.1. The fourth-order valence-corrected chi connectivity index (χ4v) is 7.01. The smallest absolute Gasteiger partial charge is 0.314 e. The van der Waals surface area contributed by atoms with Crippen molar-refractivity contribution in [2.24, 2.45) is 22.7 Å². The predicted molar refractivity (Wildman–Crippen MR) is 195 cm³/mol. The van der Waals surface area contributed by atoms with Gasteiger partial charge < -0.3 is 24.4 Å². The van der Waals surface area contributed by atoms with E-state index in [-0.39, 0.29) is 54.8 Å². The van der Waals surface area contributed by atoms with Gasteiger partial charge in [-0.1, -0.05) is 74.0 Å². The molecule has 0 bridgehead atoms. The molecule has 2 aromatic carbocycles. The van der Waals surface area contributed by atoms with Gasteiger partial charge in [-0.05, 0) is 93.2 Å². The van der Waals surface area contributed by atoms with Gasteiger partial charge in [0.15, 0.2) is 0 Å². The van der Waals surface area contributed by atoms with Gasteiger partial charge in [-0.3, -0.25) is 19.2 Å². The summed E-state index contributed by atoms with van der Waals surface area (Å²) >= 11 is 0. The van der Waals surface area contributed by atoms with E-state index in [0.29, 0.717) is 19.5 Å². The molecule has 2 fully saturated rings. The molecule has 50 heavy (non-hydrogen) atoms. The number of hydrogen-bond donors (Lipinski definition) is 1. The van der Waals surface area contributed by atoms with E-state index < -0.39 is 27.9 Å². The summed E-state index contributed by atoms with van der Waals surface area (Å²) in [6, 6.07) is 19.5. The Labute approximate surface area is 299 Å². The zero-order valence-electron chi connectivity index (χ0n) is 32.1. The third kappa shape index (κ3) is 9.33. The Morgan fingerprint density at radius 2 is 1.06 bits per heavy atom. The summed E-state index contributed by atoms with van der Waals surface area (Å²) in [5.41, 5.74) is -0.838. The average molecular weight is 693 g/mol. The highest BCUT2D eigenvalue weighted by molar-refractivity contribution is 5.93. The van der Waals surface area contributed by atoms with Gasteiger partial charge in [0, 0.05) is 19.7 Å². The number of esters is 2. The molecule has 0 aliphatic carbocycles. The zero-order chi connectivity index (χ0) is 37.7. The van der Waals surface area contributed by atoms with Crippen molar-refractivity contribution in [2.75, 3.05) is 19.7 Å². The Hall–Kier alpha value is -3.72. The van der Waals surface area contributed by atoms with E-state index in [4.69, 9.17) is 9.47 Å². The Morgan fingerprint density at radius 3 is 1.36 bits per heavy atom. The van der Waals surface area contributed by atoms with Crippen molar-refractivity contribution >= 4 is 23.8 Å². The molecule has 2 aliphatic heterocycles. The minimum Gasteiger partial charge on any atom is -0.459 e. The van der Waals surface area contributed by atoms with Crippen molar-refractivity contribution in [2.45, 2.75) is 119 Å². The van der Waals surface area contributed by atoms with Crippen molar-refractivity contribution in [1.82, 2.24) is 9.80 Å². The van der Waals surface area contributed by atoms with Gasteiger partial charge in [-0.15, -0.1) is 0 Å². The van der Waals surface area contributed by atoms with Crippen LogP contribution < -0.4 is 0 Å². The van der Waals surface area contributed by atoms with Crippen molar-refractivity contribution in [3.8, 4) is 0 Å². The highest BCUT2D eigenvalue weighted by atomic mass is 16.6. The van der Waals surface area contributed by atoms with Crippen LogP contribution in [0.4, 0.5) is 0 Å². The number of hydrogen-bond acceptors (Lipinski definition) is 7. The maximum atomic E-state index is 13.1. The van der Waals surface area contributed by atoms with E-state index >= 15 is 0 Å². The summed E-state index contributed by atoms with van der Waals surface area (Å²) in [6.45, 7) is 21.3. The van der Waals surface area contributed by atoms with Gasteiger partial charge in [0.05, 0.1) is 34.7 Å². The first-order valence-electron chi connectivity index (χ1n) is 18.0. The molecule has 2 heterocycles. The summed E-state index contributed by atoms with van der Waals surface area (Å²) in [4.78, 5) is 55.5. The Bertz CT molecular complexity index is 1350. The Morgan fingerprint density at radius 1 is 0.720 bits per heavy atom. The fraction of sp³-hybridized carbons (Fsp3) is 0.610. The number of carbonyl (C=O) groups is 4. The third-order valence-corrected chi connectivity index (χ3v) is 9.92. The van der Waals surface area contributed by atoms with Gasteiger partial charge in [0.25, 0.3) is 0 Å². The number of carbonyl (C=O) groups excluding carboxylic acids is 4. The summed E-state index contributed by atoms with van der Waals surface area (Å²) < 4.78 is 11.2. The lowest BCUT2D eigenvalue weighted by atomic mass is 9.77. The summed E-state index contributed by atoms with van der Waals surface area (Å²) in [5, 5.41) is 9.41. The van der Waals surface area contributed by atoms with Crippen molar-refractivity contribution in [1.29, 1.82) is 0 Å². The van der Waals surface area contributed by atoms with Gasteiger partial charge >= 0.3 is 11.9 Å². The molecule has 2 aromatic rings. The molecule has 2 unspecified atom stereocenters. The molecule has 2 saturated heterocycles. The lowest BCUT2D eigenvalue weighted by Gasteiger charge is -2.31. The highest BCUT2D eigenvalue weighted by Gasteiger charge is 2.57. The van der Waals surface area contributed by atoms with Crippen LogP contribution in [-0.2, 0) is 28.7 Å². The van der Waals surface area contributed by atoms with Gasteiger partial charge in [-0.25, -0.2) is 0 Å². The van der Waals surface area contributed by atoms with E-state index in [1.807, 2.05) is 135 Å². The van der Waals surface area contributed by atoms with E-state index in [2.05, 4.69) is 0 Å². The molecular weight excluding hydrogens is 632 g/mol. The van der Waals surface area contributed by atoms with E-state index in [0.717, 1.165) is 17.5 Å². The first-order chi connectivity index (χ1) is 23.2. The molecule has 9 nitrogen and oxygen atoms in total. The van der Waals surface area contributed by atoms with Crippen LogP contribution in [0.5, 0.6) is 0 Å². The molecule has 276 valence electrons. The molecular formula is C41H60N2O7. The standard InChI is InChI=1S/C21H31NO3.C20H29NO4/c1-7-11-17-18(23)22(15(2)16-12-9-8-10-13-16)14-21(17,6)19(24)25-20(3,4)5;1-14(15-9-7-6-8-10-15)21-13-20(5,16(11-12-22)17(21)23)18(24)25-19(2,3)4/h8-10,12-13,15,17H,7,11,14H2,1-6H3;6-10,14,16,22H,11-13H2,1-5H3/t15-,17?,21-;14-,16?,20-/m11/s1. The first kappa shape index (κ1) is 40.7. The van der Waals surface area contributed by atoms with Crippen LogP contribution in [0.3, 0.4) is 0 Å². The normalized spacial score (nSPS) is 25.1. The molecule has 6 atom stereocenters. The summed E-state index contributed by atoms with van der Waals surface area (Å²) in [5.74, 6) is -1.58. The third-order valence-electron chi connectivity index (χ3n) is 9.92. The number of likely N-dealkylation sites (tertiary alicyclic amines) is 2. The number of nitrogens with zero attached hydrogens (tertiary/aromatic N) is 2. The number of benzene rings is 2. The number of rotatable bonds is 10. The van der Waals surface area contributed by atoms with Crippen molar-refractivity contribution in [3.05, 3.63) is 71.8 Å². The van der Waals surface area contributed by atoms with E-state index in [9.17, 15) is 24.3 Å². The second-order valence-corrected chi connectivity index (χ2v) is 16.4. The van der Waals surface area contributed by atoms with Gasteiger partial charge in [0.2, 0.25) is 11.8 Å². The predicted octanol–water partition coefficient (Wildman–Crippen LogP) is 7.29. The molecule has 9 heteroatoms. The fourth-order valence-electron chi connectivity index (χ4n) is 7.01. The van der Waals surface area contributed by atoms with Gasteiger partial charge in [0.1, 0.15) is 11.2 Å². The van der Waals surface area contributed by atoms with Gasteiger partial charge in [-0.2, -0.15) is 0 Å². The lowest BCUT2D eigenvalue weighted by Crippen LogP contribution is -2.41. The SMILES string of the molecule is CCCC1C(=O)N([C@H](C)c2ccccc2)C[C@@]1(C)C(=O)OC(C)(C)C.C[C@H](c1ccccc1)N1C[C@@](C)(C(=O)OC(C)(C)C)C(CCO)C1=O. The molecule has 4 rings (SSSR count). The van der Waals surface area contributed by atoms with Crippen molar-refractivity contribution in [3.63, 3.8) is 0 Å². The zero-order valence-corrected chi connectivity index (χ0v) is 32.1. The maximum absolute atomic E-state index is 13.1. The monoisotopic (exact) mass is 692 g/mol.